The van der Waals surface area contributed by atoms with Crippen LogP contribution in [0.5, 0.6) is 0 Å². The fourth-order valence-electron chi connectivity index (χ4n) is 2.44. The van der Waals surface area contributed by atoms with Crippen LogP contribution < -0.4 is 0 Å². The van der Waals surface area contributed by atoms with E-state index in [2.05, 4.69) is 17.1 Å². The molecule has 0 atom stereocenters. The summed E-state index contributed by atoms with van der Waals surface area (Å²) in [7, 11) is 0. The summed E-state index contributed by atoms with van der Waals surface area (Å²) in [4.78, 5) is 14.2. The van der Waals surface area contributed by atoms with Crippen LogP contribution in [0.1, 0.15) is 52.3 Å². The van der Waals surface area contributed by atoms with Crippen molar-refractivity contribution in [2.45, 2.75) is 59.0 Å². The van der Waals surface area contributed by atoms with Gasteiger partial charge in [-0.15, -0.1) is 10.2 Å². The van der Waals surface area contributed by atoms with Gasteiger partial charge in [0.05, 0.1) is 17.1 Å². The molecule has 0 fully saturated rings. The van der Waals surface area contributed by atoms with Gasteiger partial charge in [0.1, 0.15) is 0 Å². The third-order valence-electron chi connectivity index (χ3n) is 3.81. The number of hydrogen-bond acceptors (Lipinski definition) is 4. The molecule has 1 amide bonds. The number of aromatic nitrogens is 2. The van der Waals surface area contributed by atoms with E-state index in [1.165, 1.54) is 0 Å². The molecule has 1 heterocycles. The van der Waals surface area contributed by atoms with E-state index in [0.29, 0.717) is 35.3 Å². The molecule has 0 aliphatic rings. The molecule has 1 aromatic carbocycles. The number of amides is 1. The molecular weight excluding hydrogens is 326 g/mol. The number of nitrogens with zero attached hydrogens (tertiary/aromatic N) is 3. The number of carbonyl (C=O) groups is 1. The molecule has 6 heteroatoms. The molecule has 0 saturated heterocycles. The van der Waals surface area contributed by atoms with Gasteiger partial charge in [-0.25, -0.2) is 0 Å². The number of unbranched alkanes of at least 4 members (excludes halogenated alkanes) is 2. The molecule has 0 aliphatic heterocycles. The second kappa shape index (κ2) is 8.83. The van der Waals surface area contributed by atoms with Crippen molar-refractivity contribution in [3.8, 4) is 11.5 Å². The molecule has 1 aromatic heterocycles. The van der Waals surface area contributed by atoms with Gasteiger partial charge in [0.25, 0.3) is 0 Å². The van der Waals surface area contributed by atoms with Crippen molar-refractivity contribution in [3.63, 3.8) is 0 Å². The first kappa shape index (κ1) is 18.5. The van der Waals surface area contributed by atoms with Crippen molar-refractivity contribution in [2.24, 2.45) is 0 Å². The molecule has 0 bridgehead atoms. The highest BCUT2D eigenvalue weighted by atomic mass is 35.5. The fourth-order valence-corrected chi connectivity index (χ4v) is 2.65. The smallest absolute Gasteiger partial charge is 0.249 e. The molecule has 0 aliphatic carbocycles. The standard InChI is InChI=1S/C18H24ClN3O2/c1-4-5-6-11-17(23)22(13(2)3)12-16-20-21-18(24-16)14-9-7-8-10-15(14)19/h7-10,13H,4-6,11-12H2,1-3H3. The van der Waals surface area contributed by atoms with Crippen LogP contribution >= 0.6 is 11.6 Å². The SMILES string of the molecule is CCCCCC(=O)N(Cc1nnc(-c2ccccc2Cl)o1)C(C)C. The lowest BCUT2D eigenvalue weighted by atomic mass is 10.1. The average molecular weight is 350 g/mol. The number of benzene rings is 1. The maximum absolute atomic E-state index is 12.4. The fraction of sp³-hybridized carbons (Fsp3) is 0.500. The second-order valence-corrected chi connectivity index (χ2v) is 6.46. The highest BCUT2D eigenvalue weighted by molar-refractivity contribution is 6.33. The summed E-state index contributed by atoms with van der Waals surface area (Å²) in [5.74, 6) is 0.913. The average Bonchev–Trinajstić information content (AvgIpc) is 3.01. The molecule has 2 rings (SSSR count). The Labute approximate surface area is 148 Å². The van der Waals surface area contributed by atoms with Gasteiger partial charge in [0.2, 0.25) is 17.7 Å². The maximum atomic E-state index is 12.4. The highest BCUT2D eigenvalue weighted by Gasteiger charge is 2.20. The van der Waals surface area contributed by atoms with E-state index in [4.69, 9.17) is 16.0 Å². The molecule has 0 N–H and O–H groups in total. The van der Waals surface area contributed by atoms with E-state index < -0.39 is 0 Å². The summed E-state index contributed by atoms with van der Waals surface area (Å²) in [6.07, 6.45) is 3.62. The van der Waals surface area contributed by atoms with Crippen LogP contribution in [-0.4, -0.2) is 27.0 Å². The van der Waals surface area contributed by atoms with E-state index in [-0.39, 0.29) is 11.9 Å². The van der Waals surface area contributed by atoms with Gasteiger partial charge in [-0.3, -0.25) is 4.79 Å². The first-order valence-corrected chi connectivity index (χ1v) is 8.77. The third-order valence-corrected chi connectivity index (χ3v) is 4.14. The Kier molecular flexibility index (Phi) is 6.79. The summed E-state index contributed by atoms with van der Waals surface area (Å²) in [5.41, 5.74) is 0.697. The molecule has 5 nitrogen and oxygen atoms in total. The lowest BCUT2D eigenvalue weighted by molar-refractivity contribution is -0.134. The van der Waals surface area contributed by atoms with Crippen molar-refractivity contribution in [1.82, 2.24) is 15.1 Å². The van der Waals surface area contributed by atoms with Gasteiger partial charge < -0.3 is 9.32 Å². The number of halogens is 1. The summed E-state index contributed by atoms with van der Waals surface area (Å²) in [6.45, 7) is 6.42. The molecule has 24 heavy (non-hydrogen) atoms. The summed E-state index contributed by atoms with van der Waals surface area (Å²) in [5, 5.41) is 8.68. The molecule has 130 valence electrons. The van der Waals surface area contributed by atoms with Crippen molar-refractivity contribution in [2.75, 3.05) is 0 Å². The maximum Gasteiger partial charge on any atom is 0.249 e. The predicted octanol–water partition coefficient (Wildman–Crippen LogP) is 4.71. The van der Waals surface area contributed by atoms with Gasteiger partial charge in [0.15, 0.2) is 0 Å². The third kappa shape index (κ3) is 4.81. The Morgan fingerprint density at radius 1 is 1.25 bits per heavy atom. The van der Waals surface area contributed by atoms with E-state index >= 15 is 0 Å². The van der Waals surface area contributed by atoms with Crippen molar-refractivity contribution in [1.29, 1.82) is 0 Å². The Morgan fingerprint density at radius 3 is 2.67 bits per heavy atom. The van der Waals surface area contributed by atoms with Crippen molar-refractivity contribution >= 4 is 17.5 Å². The number of carbonyl (C=O) groups excluding carboxylic acids is 1. The van der Waals surface area contributed by atoms with Crippen LogP contribution in [0.2, 0.25) is 5.02 Å². The minimum absolute atomic E-state index is 0.0785. The van der Waals surface area contributed by atoms with E-state index in [1.807, 2.05) is 32.0 Å². The predicted molar refractivity (Wildman–Crippen MR) is 94.6 cm³/mol. The first-order chi connectivity index (χ1) is 11.5. The minimum atomic E-state index is 0.0785. The first-order valence-electron chi connectivity index (χ1n) is 8.39. The Morgan fingerprint density at radius 2 is 2.00 bits per heavy atom. The molecular formula is C18H24ClN3O2. The quantitative estimate of drug-likeness (QED) is 0.648. The molecule has 2 aromatic rings. The largest absolute Gasteiger partial charge is 0.419 e. The number of hydrogen-bond donors (Lipinski definition) is 0. The Bertz CT molecular complexity index is 670. The van der Waals surface area contributed by atoms with E-state index in [0.717, 1.165) is 19.3 Å². The zero-order chi connectivity index (χ0) is 17.5. The lowest BCUT2D eigenvalue weighted by Crippen LogP contribution is -2.36. The normalized spacial score (nSPS) is 11.0. The van der Waals surface area contributed by atoms with Crippen molar-refractivity contribution in [3.05, 3.63) is 35.2 Å². The highest BCUT2D eigenvalue weighted by Crippen LogP contribution is 2.26. The van der Waals surface area contributed by atoms with Crippen LogP contribution in [-0.2, 0) is 11.3 Å². The van der Waals surface area contributed by atoms with Crippen LogP contribution in [0.25, 0.3) is 11.5 Å². The minimum Gasteiger partial charge on any atom is -0.419 e. The zero-order valence-corrected chi connectivity index (χ0v) is 15.2. The van der Waals surface area contributed by atoms with Gasteiger partial charge >= 0.3 is 0 Å². The Hall–Kier alpha value is -1.88. The van der Waals surface area contributed by atoms with Gasteiger partial charge in [-0.05, 0) is 32.4 Å². The van der Waals surface area contributed by atoms with Crippen LogP contribution in [0, 0.1) is 0 Å². The Balaban J connectivity index is 2.08. The molecule has 0 unspecified atom stereocenters. The van der Waals surface area contributed by atoms with Gasteiger partial charge in [0, 0.05) is 12.5 Å². The van der Waals surface area contributed by atoms with Crippen LogP contribution in [0.15, 0.2) is 28.7 Å². The molecule has 0 radical (unpaired) electrons. The second-order valence-electron chi connectivity index (χ2n) is 6.05. The van der Waals surface area contributed by atoms with Crippen LogP contribution in [0.4, 0.5) is 0 Å². The van der Waals surface area contributed by atoms with Crippen molar-refractivity contribution < 1.29 is 9.21 Å². The number of rotatable bonds is 8. The molecule has 0 spiro atoms. The van der Waals surface area contributed by atoms with Crippen LogP contribution in [0.3, 0.4) is 0 Å². The summed E-state index contributed by atoms with van der Waals surface area (Å²) < 4.78 is 5.71. The lowest BCUT2D eigenvalue weighted by Gasteiger charge is -2.25. The van der Waals surface area contributed by atoms with Gasteiger partial charge in [-0.2, -0.15) is 0 Å². The zero-order valence-electron chi connectivity index (χ0n) is 14.5. The monoisotopic (exact) mass is 349 g/mol. The van der Waals surface area contributed by atoms with E-state index in [9.17, 15) is 4.79 Å². The summed E-state index contributed by atoms with van der Waals surface area (Å²) in [6, 6.07) is 7.39. The molecule has 0 saturated carbocycles. The topological polar surface area (TPSA) is 59.2 Å². The van der Waals surface area contributed by atoms with Gasteiger partial charge in [-0.1, -0.05) is 43.5 Å². The summed E-state index contributed by atoms with van der Waals surface area (Å²) >= 11 is 6.15. The van der Waals surface area contributed by atoms with E-state index in [1.54, 1.807) is 11.0 Å².